The molecule has 0 aliphatic carbocycles. The standard InChI is InChI=1S/C23H23N3O5/c1-25(21(27)9-10-22(28)29)14-17-15-26(18-5-3-2-4-6-18)24-23(17)16-7-8-19-20(13-16)31-12-11-30-19/h2-8,13,15H,9-12,14H2,1H3,(H,28,29)/p-1. The summed E-state index contributed by atoms with van der Waals surface area (Å²) in [5.41, 5.74) is 3.26. The van der Waals surface area contributed by atoms with Crippen LogP contribution < -0.4 is 14.6 Å². The Morgan fingerprint density at radius 1 is 1.06 bits per heavy atom. The molecule has 0 spiro atoms. The average Bonchev–Trinajstić information content (AvgIpc) is 3.21. The first-order valence-electron chi connectivity index (χ1n) is 9.99. The van der Waals surface area contributed by atoms with E-state index in [0.29, 0.717) is 30.4 Å². The Morgan fingerprint density at radius 3 is 2.55 bits per heavy atom. The maximum Gasteiger partial charge on any atom is 0.222 e. The molecule has 8 nitrogen and oxygen atoms in total. The molecule has 0 unspecified atom stereocenters. The van der Waals surface area contributed by atoms with Gasteiger partial charge in [-0.2, -0.15) is 5.10 Å². The molecule has 1 amide bonds. The second-order valence-corrected chi connectivity index (χ2v) is 7.26. The smallest absolute Gasteiger partial charge is 0.222 e. The Bertz CT molecular complexity index is 1090. The number of hydrogen-bond donors (Lipinski definition) is 0. The van der Waals surface area contributed by atoms with Gasteiger partial charge in [-0.05, 0) is 36.8 Å². The van der Waals surface area contributed by atoms with Crippen LogP contribution in [0.4, 0.5) is 0 Å². The summed E-state index contributed by atoms with van der Waals surface area (Å²) in [5.74, 6) is -0.170. The van der Waals surface area contributed by atoms with Gasteiger partial charge in [0.25, 0.3) is 0 Å². The third-order valence-corrected chi connectivity index (χ3v) is 5.00. The Morgan fingerprint density at radius 2 is 1.81 bits per heavy atom. The summed E-state index contributed by atoms with van der Waals surface area (Å²) in [6.45, 7) is 1.28. The van der Waals surface area contributed by atoms with Gasteiger partial charge in [-0.1, -0.05) is 18.2 Å². The van der Waals surface area contributed by atoms with Crippen molar-refractivity contribution in [1.82, 2.24) is 14.7 Å². The SMILES string of the molecule is CN(Cc1cn(-c2ccccc2)nc1-c1ccc2c(c1)OCCO2)C(=O)CCC(=O)[O-]. The lowest BCUT2D eigenvalue weighted by Crippen LogP contribution is -2.29. The van der Waals surface area contributed by atoms with Gasteiger partial charge < -0.3 is 24.3 Å². The number of fused-ring (bicyclic) bond motifs is 1. The summed E-state index contributed by atoms with van der Waals surface area (Å²) >= 11 is 0. The molecule has 1 aromatic heterocycles. The third-order valence-electron chi connectivity index (χ3n) is 5.00. The zero-order valence-corrected chi connectivity index (χ0v) is 17.1. The largest absolute Gasteiger partial charge is 0.550 e. The number of para-hydroxylation sites is 1. The molecule has 4 rings (SSSR count). The van der Waals surface area contributed by atoms with Crippen LogP contribution in [0.25, 0.3) is 16.9 Å². The molecule has 0 fully saturated rings. The second kappa shape index (κ2) is 8.91. The van der Waals surface area contributed by atoms with Gasteiger partial charge in [-0.15, -0.1) is 0 Å². The van der Waals surface area contributed by atoms with Crippen LogP contribution in [0.3, 0.4) is 0 Å². The van der Waals surface area contributed by atoms with E-state index in [2.05, 4.69) is 0 Å². The van der Waals surface area contributed by atoms with Crippen LogP contribution in [-0.2, 0) is 16.1 Å². The molecule has 1 aliphatic heterocycles. The molecule has 0 radical (unpaired) electrons. The van der Waals surface area contributed by atoms with Crippen molar-refractivity contribution in [3.05, 3.63) is 60.3 Å². The monoisotopic (exact) mass is 420 g/mol. The van der Waals surface area contributed by atoms with Crippen molar-refractivity contribution >= 4 is 11.9 Å². The molecular formula is C23H22N3O5-. The summed E-state index contributed by atoms with van der Waals surface area (Å²) in [5, 5.41) is 15.4. The zero-order valence-electron chi connectivity index (χ0n) is 17.1. The van der Waals surface area contributed by atoms with Gasteiger partial charge in [0.05, 0.1) is 11.4 Å². The molecule has 0 saturated heterocycles. The second-order valence-electron chi connectivity index (χ2n) is 7.26. The number of ether oxygens (including phenoxy) is 2. The van der Waals surface area contributed by atoms with E-state index in [0.717, 1.165) is 16.8 Å². The van der Waals surface area contributed by atoms with Gasteiger partial charge in [0, 0.05) is 43.3 Å². The highest BCUT2D eigenvalue weighted by atomic mass is 16.6. The Kier molecular flexibility index (Phi) is 5.88. The van der Waals surface area contributed by atoms with E-state index >= 15 is 0 Å². The number of hydrogen-bond acceptors (Lipinski definition) is 6. The van der Waals surface area contributed by atoms with Crippen molar-refractivity contribution in [3.63, 3.8) is 0 Å². The van der Waals surface area contributed by atoms with Crippen molar-refractivity contribution in [2.24, 2.45) is 0 Å². The molecule has 0 bridgehead atoms. The molecule has 1 aliphatic rings. The number of aliphatic carboxylic acids is 1. The van der Waals surface area contributed by atoms with Gasteiger partial charge >= 0.3 is 0 Å². The highest BCUT2D eigenvalue weighted by Crippen LogP contribution is 2.35. The maximum absolute atomic E-state index is 12.3. The number of carbonyl (C=O) groups is 2. The Hall–Kier alpha value is -3.81. The van der Waals surface area contributed by atoms with E-state index in [1.807, 2.05) is 54.7 Å². The lowest BCUT2D eigenvalue weighted by Gasteiger charge is -2.19. The van der Waals surface area contributed by atoms with Crippen molar-refractivity contribution in [2.45, 2.75) is 19.4 Å². The lowest BCUT2D eigenvalue weighted by molar-refractivity contribution is -0.305. The molecule has 2 aromatic carbocycles. The fourth-order valence-electron chi connectivity index (χ4n) is 3.42. The Labute approximate surface area is 179 Å². The first kappa shape index (κ1) is 20.5. The van der Waals surface area contributed by atoms with Crippen molar-refractivity contribution < 1.29 is 24.2 Å². The van der Waals surface area contributed by atoms with E-state index in [4.69, 9.17) is 14.6 Å². The van der Waals surface area contributed by atoms with Gasteiger partial charge in [-0.25, -0.2) is 4.68 Å². The first-order valence-corrected chi connectivity index (χ1v) is 9.99. The summed E-state index contributed by atoms with van der Waals surface area (Å²) in [4.78, 5) is 24.5. The van der Waals surface area contributed by atoms with E-state index in [-0.39, 0.29) is 25.3 Å². The molecule has 0 atom stereocenters. The van der Waals surface area contributed by atoms with E-state index in [9.17, 15) is 14.7 Å². The van der Waals surface area contributed by atoms with Crippen molar-refractivity contribution in [2.75, 3.05) is 20.3 Å². The fourth-order valence-corrected chi connectivity index (χ4v) is 3.42. The number of aromatic nitrogens is 2. The van der Waals surface area contributed by atoms with Crippen LogP contribution in [0.5, 0.6) is 11.5 Å². The highest BCUT2D eigenvalue weighted by Gasteiger charge is 2.19. The molecule has 31 heavy (non-hydrogen) atoms. The molecular weight excluding hydrogens is 398 g/mol. The van der Waals surface area contributed by atoms with E-state index < -0.39 is 5.97 Å². The van der Waals surface area contributed by atoms with Crippen LogP contribution in [0.15, 0.2) is 54.7 Å². The molecule has 3 aromatic rings. The first-order chi connectivity index (χ1) is 15.0. The Balaban J connectivity index is 1.67. The number of carboxylic acid groups (broad SMARTS) is 1. The fraction of sp³-hybridized carbons (Fsp3) is 0.261. The predicted octanol–water partition coefficient (Wildman–Crippen LogP) is 1.80. The van der Waals surface area contributed by atoms with Gasteiger partial charge in [0.2, 0.25) is 5.91 Å². The number of nitrogens with zero attached hydrogens (tertiary/aromatic N) is 3. The van der Waals surface area contributed by atoms with Crippen LogP contribution in [0.2, 0.25) is 0 Å². The average molecular weight is 420 g/mol. The molecule has 160 valence electrons. The van der Waals surface area contributed by atoms with E-state index in [1.54, 1.807) is 11.7 Å². The van der Waals surface area contributed by atoms with Crippen LogP contribution in [0, 0.1) is 0 Å². The highest BCUT2D eigenvalue weighted by molar-refractivity contribution is 5.80. The van der Waals surface area contributed by atoms with Gasteiger partial charge in [0.1, 0.15) is 13.2 Å². The zero-order chi connectivity index (χ0) is 21.8. The number of carbonyl (C=O) groups excluding carboxylic acids is 2. The molecule has 2 heterocycles. The minimum absolute atomic E-state index is 0.106. The summed E-state index contributed by atoms with van der Waals surface area (Å²) < 4.78 is 13.1. The topological polar surface area (TPSA) is 96.7 Å². The molecule has 0 saturated carbocycles. The van der Waals surface area contributed by atoms with Gasteiger partial charge in [-0.3, -0.25) is 4.79 Å². The van der Waals surface area contributed by atoms with Crippen molar-refractivity contribution in [3.8, 4) is 28.4 Å². The minimum Gasteiger partial charge on any atom is -0.550 e. The summed E-state index contributed by atoms with van der Waals surface area (Å²) in [6.07, 6.45) is 1.47. The van der Waals surface area contributed by atoms with E-state index in [1.165, 1.54) is 4.90 Å². The minimum atomic E-state index is -1.24. The van der Waals surface area contributed by atoms with Crippen LogP contribution in [0.1, 0.15) is 18.4 Å². The van der Waals surface area contributed by atoms with Gasteiger partial charge in [0.15, 0.2) is 11.5 Å². The molecule has 8 heteroatoms. The number of benzene rings is 2. The number of amides is 1. The maximum atomic E-state index is 12.3. The van der Waals surface area contributed by atoms with Crippen LogP contribution >= 0.6 is 0 Å². The lowest BCUT2D eigenvalue weighted by atomic mass is 10.1. The summed E-state index contributed by atoms with van der Waals surface area (Å²) in [7, 11) is 1.64. The molecule has 0 N–H and O–H groups in total. The number of carboxylic acids is 1. The quantitative estimate of drug-likeness (QED) is 0.578. The normalized spacial score (nSPS) is 12.4. The van der Waals surface area contributed by atoms with Crippen LogP contribution in [-0.4, -0.2) is 46.8 Å². The number of rotatable bonds is 7. The third kappa shape index (κ3) is 4.69. The van der Waals surface area contributed by atoms with Crippen molar-refractivity contribution in [1.29, 1.82) is 0 Å². The summed E-state index contributed by atoms with van der Waals surface area (Å²) in [6, 6.07) is 15.3. The predicted molar refractivity (Wildman–Crippen MR) is 111 cm³/mol.